The van der Waals surface area contributed by atoms with Crippen molar-refractivity contribution in [1.29, 1.82) is 0 Å². The Bertz CT molecular complexity index is 474. The lowest BCUT2D eigenvalue weighted by Crippen LogP contribution is -2.31. The smallest absolute Gasteiger partial charge is 0.297 e. The zero-order chi connectivity index (χ0) is 13.8. The molecule has 0 aliphatic heterocycles. The quantitative estimate of drug-likeness (QED) is 0.807. The molecular formula is C13H20O4S. The Labute approximate surface area is 109 Å². The van der Waals surface area contributed by atoms with Gasteiger partial charge in [0.1, 0.15) is 0 Å². The van der Waals surface area contributed by atoms with Crippen LogP contribution in [0.15, 0.2) is 29.2 Å². The summed E-state index contributed by atoms with van der Waals surface area (Å²) in [7, 11) is -3.79. The van der Waals surface area contributed by atoms with Gasteiger partial charge in [-0.25, -0.2) is 0 Å². The third-order valence-corrected chi connectivity index (χ3v) is 3.90. The van der Waals surface area contributed by atoms with Crippen LogP contribution in [-0.2, 0) is 14.3 Å². The van der Waals surface area contributed by atoms with Crippen LogP contribution >= 0.6 is 0 Å². The van der Waals surface area contributed by atoms with Crippen LogP contribution in [-0.4, -0.2) is 25.7 Å². The molecule has 0 heterocycles. The van der Waals surface area contributed by atoms with Gasteiger partial charge in [0.2, 0.25) is 0 Å². The summed E-state index contributed by atoms with van der Waals surface area (Å²) >= 11 is 0. The summed E-state index contributed by atoms with van der Waals surface area (Å²) in [6.45, 7) is 5.14. The van der Waals surface area contributed by atoms with E-state index in [1.54, 1.807) is 19.1 Å². The number of aryl methyl sites for hydroxylation is 1. The van der Waals surface area contributed by atoms with E-state index in [-0.39, 0.29) is 11.5 Å². The molecule has 18 heavy (non-hydrogen) atoms. The second-order valence-corrected chi connectivity index (χ2v) is 6.39. The SMILES string of the molecule is CCC[C@@](C)(O)COS(=O)(=O)c1ccc(C)cc1. The van der Waals surface area contributed by atoms with Gasteiger partial charge in [0.25, 0.3) is 10.1 Å². The molecule has 0 aromatic heterocycles. The minimum absolute atomic E-state index is 0.111. The van der Waals surface area contributed by atoms with Crippen molar-refractivity contribution in [2.45, 2.75) is 44.1 Å². The molecule has 0 fully saturated rings. The van der Waals surface area contributed by atoms with Gasteiger partial charge < -0.3 is 5.11 Å². The van der Waals surface area contributed by atoms with Crippen molar-refractivity contribution in [2.75, 3.05) is 6.61 Å². The molecule has 0 aliphatic carbocycles. The van der Waals surface area contributed by atoms with Crippen LogP contribution in [0.5, 0.6) is 0 Å². The summed E-state index contributed by atoms with van der Waals surface area (Å²) in [5.74, 6) is 0. The molecule has 0 radical (unpaired) electrons. The average Bonchev–Trinajstić information content (AvgIpc) is 2.27. The van der Waals surface area contributed by atoms with Gasteiger partial charge in [-0.3, -0.25) is 4.18 Å². The normalized spacial score (nSPS) is 15.3. The fraction of sp³-hybridized carbons (Fsp3) is 0.538. The molecule has 0 saturated heterocycles. The Hall–Kier alpha value is -0.910. The predicted molar refractivity (Wildman–Crippen MR) is 69.8 cm³/mol. The van der Waals surface area contributed by atoms with Gasteiger partial charge in [-0.15, -0.1) is 0 Å². The highest BCUT2D eigenvalue weighted by molar-refractivity contribution is 7.86. The lowest BCUT2D eigenvalue weighted by molar-refractivity contribution is 0.00584. The largest absolute Gasteiger partial charge is 0.388 e. The Kier molecular flexibility index (Phi) is 4.90. The number of rotatable bonds is 6. The van der Waals surface area contributed by atoms with Crippen LogP contribution in [0.2, 0.25) is 0 Å². The van der Waals surface area contributed by atoms with E-state index in [0.717, 1.165) is 12.0 Å². The van der Waals surface area contributed by atoms with Crippen molar-refractivity contribution in [2.24, 2.45) is 0 Å². The van der Waals surface area contributed by atoms with E-state index < -0.39 is 15.7 Å². The van der Waals surface area contributed by atoms with Crippen molar-refractivity contribution in [1.82, 2.24) is 0 Å². The zero-order valence-electron chi connectivity index (χ0n) is 11.0. The van der Waals surface area contributed by atoms with E-state index in [0.29, 0.717) is 6.42 Å². The second-order valence-electron chi connectivity index (χ2n) is 4.78. The summed E-state index contributed by atoms with van der Waals surface area (Å²) < 4.78 is 28.6. The molecule has 1 N–H and O–H groups in total. The summed E-state index contributed by atoms with van der Waals surface area (Å²) in [6, 6.07) is 6.42. The van der Waals surface area contributed by atoms with Gasteiger partial charge in [0, 0.05) is 0 Å². The van der Waals surface area contributed by atoms with Gasteiger partial charge in [0.15, 0.2) is 0 Å². The van der Waals surface area contributed by atoms with Gasteiger partial charge in [-0.2, -0.15) is 8.42 Å². The summed E-state index contributed by atoms with van der Waals surface area (Å²) in [4.78, 5) is 0.111. The van der Waals surface area contributed by atoms with E-state index in [1.165, 1.54) is 12.1 Å². The molecule has 1 atom stereocenters. The average molecular weight is 272 g/mol. The maximum atomic E-state index is 11.9. The van der Waals surface area contributed by atoms with Crippen LogP contribution in [0.1, 0.15) is 32.3 Å². The summed E-state index contributed by atoms with van der Waals surface area (Å²) in [5.41, 5.74) is -0.140. The maximum Gasteiger partial charge on any atom is 0.297 e. The van der Waals surface area contributed by atoms with Crippen LogP contribution in [0.25, 0.3) is 0 Å². The molecule has 0 bridgehead atoms. The Morgan fingerprint density at radius 3 is 2.33 bits per heavy atom. The van der Waals surface area contributed by atoms with Crippen molar-refractivity contribution in [3.63, 3.8) is 0 Å². The van der Waals surface area contributed by atoms with E-state index in [9.17, 15) is 13.5 Å². The monoisotopic (exact) mass is 272 g/mol. The topological polar surface area (TPSA) is 63.6 Å². The van der Waals surface area contributed by atoms with Crippen molar-refractivity contribution in [3.05, 3.63) is 29.8 Å². The molecule has 5 heteroatoms. The third kappa shape index (κ3) is 4.40. The van der Waals surface area contributed by atoms with Crippen LogP contribution in [0, 0.1) is 6.92 Å². The van der Waals surface area contributed by atoms with Gasteiger partial charge in [0.05, 0.1) is 17.1 Å². The zero-order valence-corrected chi connectivity index (χ0v) is 11.8. The second kappa shape index (κ2) is 5.82. The Morgan fingerprint density at radius 1 is 1.28 bits per heavy atom. The number of aliphatic hydroxyl groups is 1. The molecule has 102 valence electrons. The van der Waals surface area contributed by atoms with Crippen molar-refractivity contribution in [3.8, 4) is 0 Å². The molecule has 0 aliphatic rings. The molecule has 1 aromatic carbocycles. The van der Waals surface area contributed by atoms with Crippen molar-refractivity contribution < 1.29 is 17.7 Å². The first-order valence-electron chi connectivity index (χ1n) is 5.95. The van der Waals surface area contributed by atoms with E-state index in [1.807, 2.05) is 13.8 Å². The van der Waals surface area contributed by atoms with Gasteiger partial charge in [-0.1, -0.05) is 31.0 Å². The fourth-order valence-electron chi connectivity index (χ4n) is 1.59. The highest BCUT2D eigenvalue weighted by atomic mass is 32.2. The number of benzene rings is 1. The lowest BCUT2D eigenvalue weighted by atomic mass is 10.0. The molecule has 0 unspecified atom stereocenters. The molecule has 1 rings (SSSR count). The summed E-state index contributed by atoms with van der Waals surface area (Å²) in [6.07, 6.45) is 1.26. The molecule has 4 nitrogen and oxygen atoms in total. The first-order chi connectivity index (χ1) is 8.27. The number of hydrogen-bond acceptors (Lipinski definition) is 4. The van der Waals surface area contributed by atoms with Gasteiger partial charge >= 0.3 is 0 Å². The highest BCUT2D eigenvalue weighted by Gasteiger charge is 2.24. The molecular weight excluding hydrogens is 252 g/mol. The van der Waals surface area contributed by atoms with Crippen LogP contribution in [0.4, 0.5) is 0 Å². The number of hydrogen-bond donors (Lipinski definition) is 1. The molecule has 0 saturated carbocycles. The first-order valence-corrected chi connectivity index (χ1v) is 7.36. The molecule has 0 amide bonds. The Morgan fingerprint density at radius 2 is 1.83 bits per heavy atom. The van der Waals surface area contributed by atoms with Crippen LogP contribution < -0.4 is 0 Å². The van der Waals surface area contributed by atoms with E-state index in [4.69, 9.17) is 4.18 Å². The van der Waals surface area contributed by atoms with E-state index >= 15 is 0 Å². The predicted octanol–water partition coefficient (Wildman–Crippen LogP) is 2.25. The standard InChI is InChI=1S/C13H20O4S/c1-4-9-13(3,14)10-17-18(15,16)12-7-5-11(2)6-8-12/h5-8,14H,4,9-10H2,1-3H3/t13-/m1/s1. The summed E-state index contributed by atoms with van der Waals surface area (Å²) in [5, 5.41) is 9.88. The third-order valence-electron chi connectivity index (χ3n) is 2.62. The minimum atomic E-state index is -3.79. The molecule has 1 aromatic rings. The van der Waals surface area contributed by atoms with Gasteiger partial charge in [-0.05, 0) is 32.4 Å². The lowest BCUT2D eigenvalue weighted by Gasteiger charge is -2.21. The maximum absolute atomic E-state index is 11.9. The van der Waals surface area contributed by atoms with Crippen molar-refractivity contribution >= 4 is 10.1 Å². The highest BCUT2D eigenvalue weighted by Crippen LogP contribution is 2.18. The first kappa shape index (κ1) is 15.1. The Balaban J connectivity index is 2.74. The van der Waals surface area contributed by atoms with E-state index in [2.05, 4.69) is 0 Å². The fourth-order valence-corrected chi connectivity index (χ4v) is 2.60. The molecule has 0 spiro atoms. The van der Waals surface area contributed by atoms with Crippen LogP contribution in [0.3, 0.4) is 0 Å². The minimum Gasteiger partial charge on any atom is -0.388 e.